The molecular weight excluding hydrogens is 258 g/mol. The Morgan fingerprint density at radius 1 is 1.65 bits per heavy atom. The molecule has 1 aromatic rings. The Balaban J connectivity index is 0.00000144. The number of carbonyl (C=O) groups is 1. The Morgan fingerprint density at radius 3 is 2.94 bits per heavy atom. The first-order valence-corrected chi connectivity index (χ1v) is 6.48. The van der Waals surface area contributed by atoms with Crippen molar-refractivity contribution in [1.82, 2.24) is 9.88 Å². The minimum atomic E-state index is 0. The molecule has 17 heavy (non-hydrogen) atoms. The molecule has 6 heteroatoms. The fraction of sp³-hybridized carbons (Fsp3) is 0.636. The van der Waals surface area contributed by atoms with E-state index in [1.807, 2.05) is 12.4 Å². The number of amides is 1. The third-order valence-corrected chi connectivity index (χ3v) is 3.61. The summed E-state index contributed by atoms with van der Waals surface area (Å²) in [6.07, 6.45) is 3.27. The fourth-order valence-electron chi connectivity index (χ4n) is 1.61. The molecule has 2 rings (SSSR count). The summed E-state index contributed by atoms with van der Waals surface area (Å²) in [5, 5.41) is 2.78. The van der Waals surface area contributed by atoms with Gasteiger partial charge in [-0.15, -0.1) is 23.7 Å². The van der Waals surface area contributed by atoms with E-state index in [0.29, 0.717) is 12.2 Å². The molecule has 2 N–H and O–H groups in total. The van der Waals surface area contributed by atoms with Crippen LogP contribution in [0.4, 0.5) is 0 Å². The van der Waals surface area contributed by atoms with Crippen LogP contribution in [-0.2, 0) is 6.42 Å². The summed E-state index contributed by atoms with van der Waals surface area (Å²) >= 11 is 1.52. The quantitative estimate of drug-likeness (QED) is 0.887. The van der Waals surface area contributed by atoms with Gasteiger partial charge in [-0.2, -0.15) is 0 Å². The molecule has 0 aliphatic heterocycles. The molecule has 1 fully saturated rings. The van der Waals surface area contributed by atoms with Gasteiger partial charge in [0, 0.05) is 25.4 Å². The fourth-order valence-corrected chi connectivity index (χ4v) is 2.40. The van der Waals surface area contributed by atoms with Gasteiger partial charge >= 0.3 is 0 Å². The summed E-state index contributed by atoms with van der Waals surface area (Å²) < 4.78 is 0. The lowest BCUT2D eigenvalue weighted by Gasteiger charge is -2.14. The second kappa shape index (κ2) is 6.33. The Labute approximate surface area is 112 Å². The molecule has 1 heterocycles. The lowest BCUT2D eigenvalue weighted by atomic mass is 10.3. The summed E-state index contributed by atoms with van der Waals surface area (Å²) in [7, 11) is 1.85. The van der Waals surface area contributed by atoms with Crippen LogP contribution in [0.1, 0.15) is 28.3 Å². The van der Waals surface area contributed by atoms with Crippen molar-refractivity contribution in [2.75, 3.05) is 20.1 Å². The van der Waals surface area contributed by atoms with Crippen molar-refractivity contribution < 1.29 is 4.79 Å². The van der Waals surface area contributed by atoms with E-state index in [2.05, 4.69) is 4.98 Å². The summed E-state index contributed by atoms with van der Waals surface area (Å²) in [5.74, 6) is 0.752. The van der Waals surface area contributed by atoms with Crippen molar-refractivity contribution >= 4 is 29.7 Å². The van der Waals surface area contributed by atoms with E-state index in [4.69, 9.17) is 5.73 Å². The van der Waals surface area contributed by atoms with Gasteiger partial charge in [0.15, 0.2) is 0 Å². The smallest absolute Gasteiger partial charge is 0.273 e. The maximum Gasteiger partial charge on any atom is 0.273 e. The normalized spacial score (nSPS) is 14.2. The van der Waals surface area contributed by atoms with Gasteiger partial charge in [-0.05, 0) is 25.3 Å². The topological polar surface area (TPSA) is 59.2 Å². The van der Waals surface area contributed by atoms with E-state index in [-0.39, 0.29) is 18.3 Å². The molecule has 1 saturated carbocycles. The van der Waals surface area contributed by atoms with Crippen LogP contribution in [0.15, 0.2) is 5.38 Å². The van der Waals surface area contributed by atoms with E-state index < -0.39 is 0 Å². The average molecular weight is 276 g/mol. The number of nitrogens with two attached hydrogens (primary N) is 1. The lowest BCUT2D eigenvalue weighted by Crippen LogP contribution is -2.29. The number of hydrogen-bond donors (Lipinski definition) is 1. The summed E-state index contributed by atoms with van der Waals surface area (Å²) in [6.45, 7) is 1.45. The van der Waals surface area contributed by atoms with Gasteiger partial charge < -0.3 is 10.6 Å². The molecule has 4 nitrogen and oxygen atoms in total. The molecule has 1 aromatic heterocycles. The zero-order valence-corrected chi connectivity index (χ0v) is 11.5. The summed E-state index contributed by atoms with van der Waals surface area (Å²) in [6, 6.07) is 0. The van der Waals surface area contributed by atoms with Crippen molar-refractivity contribution in [3.8, 4) is 0 Å². The summed E-state index contributed by atoms with van der Waals surface area (Å²) in [5.41, 5.74) is 6.02. The van der Waals surface area contributed by atoms with Crippen molar-refractivity contribution in [1.29, 1.82) is 0 Å². The predicted molar refractivity (Wildman–Crippen MR) is 71.8 cm³/mol. The van der Waals surface area contributed by atoms with Gasteiger partial charge in [-0.1, -0.05) is 0 Å². The number of aromatic nitrogens is 1. The molecule has 1 aliphatic carbocycles. The first-order valence-electron chi connectivity index (χ1n) is 5.60. The predicted octanol–water partition coefficient (Wildman–Crippen LogP) is 1.55. The minimum absolute atomic E-state index is 0. The number of carbonyl (C=O) groups excluding carboxylic acids is 1. The summed E-state index contributed by atoms with van der Waals surface area (Å²) in [4.78, 5) is 18.0. The highest BCUT2D eigenvalue weighted by Crippen LogP contribution is 2.29. The second-order valence-electron chi connectivity index (χ2n) is 4.29. The Morgan fingerprint density at radius 2 is 2.35 bits per heavy atom. The molecule has 1 aliphatic rings. The maximum atomic E-state index is 12.0. The third kappa shape index (κ3) is 3.94. The Kier molecular flexibility index (Phi) is 5.36. The molecule has 0 bridgehead atoms. The number of halogens is 1. The number of nitrogens with zero attached hydrogens (tertiary/aromatic N) is 2. The molecule has 0 unspecified atom stereocenters. The van der Waals surface area contributed by atoms with E-state index in [1.165, 1.54) is 24.2 Å². The lowest BCUT2D eigenvalue weighted by molar-refractivity contribution is 0.0783. The van der Waals surface area contributed by atoms with E-state index in [9.17, 15) is 4.79 Å². The molecule has 0 atom stereocenters. The van der Waals surface area contributed by atoms with E-state index >= 15 is 0 Å². The Bertz CT molecular complexity index is 379. The van der Waals surface area contributed by atoms with E-state index in [0.717, 1.165) is 23.9 Å². The van der Waals surface area contributed by atoms with Crippen molar-refractivity contribution in [2.24, 2.45) is 11.7 Å². The van der Waals surface area contributed by atoms with Crippen LogP contribution in [0.3, 0.4) is 0 Å². The van der Waals surface area contributed by atoms with Gasteiger partial charge in [0.2, 0.25) is 0 Å². The highest BCUT2D eigenvalue weighted by Gasteiger charge is 2.25. The third-order valence-electron chi connectivity index (χ3n) is 2.70. The molecule has 0 spiro atoms. The molecule has 0 radical (unpaired) electrons. The SMILES string of the molecule is CN(CC1CC1)C(=O)c1csc(CCN)n1.Cl. The zero-order valence-electron chi connectivity index (χ0n) is 9.89. The monoisotopic (exact) mass is 275 g/mol. The average Bonchev–Trinajstić information content (AvgIpc) is 2.95. The van der Waals surface area contributed by atoms with E-state index in [1.54, 1.807) is 4.90 Å². The first kappa shape index (κ1) is 14.4. The maximum absolute atomic E-state index is 12.0. The molecule has 0 aromatic carbocycles. The number of thiazole rings is 1. The van der Waals surface area contributed by atoms with Crippen LogP contribution < -0.4 is 5.73 Å². The van der Waals surface area contributed by atoms with Crippen LogP contribution in [0.2, 0.25) is 0 Å². The first-order chi connectivity index (χ1) is 7.70. The van der Waals surface area contributed by atoms with Crippen LogP contribution in [-0.4, -0.2) is 35.9 Å². The van der Waals surface area contributed by atoms with Crippen LogP contribution >= 0.6 is 23.7 Å². The second-order valence-corrected chi connectivity index (χ2v) is 5.24. The largest absolute Gasteiger partial charge is 0.340 e. The highest BCUT2D eigenvalue weighted by molar-refractivity contribution is 7.09. The molecule has 0 saturated heterocycles. The molecule has 1 amide bonds. The van der Waals surface area contributed by atoms with Crippen molar-refractivity contribution in [2.45, 2.75) is 19.3 Å². The number of hydrogen-bond acceptors (Lipinski definition) is 4. The standard InChI is InChI=1S/C11H17N3OS.ClH/c1-14(6-8-2-3-8)11(15)9-7-16-10(13-9)4-5-12;/h7-8H,2-6,12H2,1H3;1H. The van der Waals surface area contributed by atoms with Gasteiger partial charge in [0.1, 0.15) is 5.69 Å². The van der Waals surface area contributed by atoms with Gasteiger partial charge in [-0.25, -0.2) is 4.98 Å². The molecular formula is C11H18ClN3OS. The molecule has 96 valence electrons. The van der Waals surface area contributed by atoms with Gasteiger partial charge in [0.25, 0.3) is 5.91 Å². The van der Waals surface area contributed by atoms with Gasteiger partial charge in [-0.3, -0.25) is 4.79 Å². The van der Waals surface area contributed by atoms with Crippen LogP contribution in [0, 0.1) is 5.92 Å². The van der Waals surface area contributed by atoms with Gasteiger partial charge in [0.05, 0.1) is 5.01 Å². The number of rotatable bonds is 5. The Hall–Kier alpha value is -0.650. The van der Waals surface area contributed by atoms with Crippen LogP contribution in [0.5, 0.6) is 0 Å². The highest BCUT2D eigenvalue weighted by atomic mass is 35.5. The minimum Gasteiger partial charge on any atom is -0.340 e. The van der Waals surface area contributed by atoms with Crippen molar-refractivity contribution in [3.63, 3.8) is 0 Å². The zero-order chi connectivity index (χ0) is 11.5. The van der Waals surface area contributed by atoms with Crippen molar-refractivity contribution in [3.05, 3.63) is 16.1 Å². The van der Waals surface area contributed by atoms with Crippen LogP contribution in [0.25, 0.3) is 0 Å².